The van der Waals surface area contributed by atoms with Crippen molar-refractivity contribution in [2.75, 3.05) is 0 Å². The quantitative estimate of drug-likeness (QED) is 0.161. The molecule has 0 heterocycles. The number of hydrogen-bond acceptors (Lipinski definition) is 0. The van der Waals surface area contributed by atoms with Crippen molar-refractivity contribution in [1.29, 1.82) is 0 Å². The van der Waals surface area contributed by atoms with Crippen LogP contribution in [0.3, 0.4) is 0 Å². The minimum absolute atomic E-state index is 1.22. The molecule has 0 saturated carbocycles. The molecule has 148 valence electrons. The second-order valence-corrected chi connectivity index (χ2v) is 7.94. The van der Waals surface area contributed by atoms with Crippen LogP contribution in [0.4, 0.5) is 0 Å². The first-order valence-corrected chi connectivity index (χ1v) is 11.6. The molecule has 0 N–H and O–H groups in total. The molecule has 0 fully saturated rings. The van der Waals surface area contributed by atoms with E-state index in [-0.39, 0.29) is 0 Å². The molecule has 0 aromatic carbocycles. The monoisotopic (exact) mass is 348 g/mol. The zero-order valence-electron chi connectivity index (χ0n) is 18.0. The SMILES string of the molecule is C=C(CCC)CCCCCC=C(CCCCC)CCCCCCCC. The van der Waals surface area contributed by atoms with E-state index in [1.54, 1.807) is 5.57 Å². The highest BCUT2D eigenvalue weighted by atomic mass is 14.1. The van der Waals surface area contributed by atoms with Gasteiger partial charge in [-0.1, -0.05) is 102 Å². The maximum Gasteiger partial charge on any atom is -0.0320 e. The van der Waals surface area contributed by atoms with Crippen LogP contribution in [0.25, 0.3) is 0 Å². The zero-order valence-corrected chi connectivity index (χ0v) is 18.0. The van der Waals surface area contributed by atoms with Gasteiger partial charge >= 0.3 is 0 Å². The largest absolute Gasteiger partial charge is 0.0999 e. The summed E-state index contributed by atoms with van der Waals surface area (Å²) in [5, 5.41) is 0. The number of allylic oxidation sites excluding steroid dienone is 3. The molecule has 0 radical (unpaired) electrons. The fourth-order valence-electron chi connectivity index (χ4n) is 3.54. The maximum absolute atomic E-state index is 4.18. The van der Waals surface area contributed by atoms with Gasteiger partial charge in [-0.15, -0.1) is 0 Å². The third kappa shape index (κ3) is 18.1. The molecule has 0 saturated heterocycles. The third-order valence-electron chi connectivity index (χ3n) is 5.22. The van der Waals surface area contributed by atoms with Crippen LogP contribution < -0.4 is 0 Å². The molecular weight excluding hydrogens is 300 g/mol. The highest BCUT2D eigenvalue weighted by Gasteiger charge is 2.00. The van der Waals surface area contributed by atoms with Gasteiger partial charge in [-0.2, -0.15) is 0 Å². The molecular formula is C25H48. The highest BCUT2D eigenvalue weighted by Crippen LogP contribution is 2.20. The van der Waals surface area contributed by atoms with Crippen LogP contribution in [0, 0.1) is 0 Å². The van der Waals surface area contributed by atoms with Crippen LogP contribution >= 0.6 is 0 Å². The lowest BCUT2D eigenvalue weighted by molar-refractivity contribution is 0.594. The van der Waals surface area contributed by atoms with Crippen molar-refractivity contribution < 1.29 is 0 Å². The van der Waals surface area contributed by atoms with Gasteiger partial charge in [0.05, 0.1) is 0 Å². The van der Waals surface area contributed by atoms with E-state index < -0.39 is 0 Å². The first kappa shape index (κ1) is 24.5. The Labute approximate surface area is 160 Å². The zero-order chi connectivity index (χ0) is 18.6. The van der Waals surface area contributed by atoms with E-state index in [1.165, 1.54) is 121 Å². The summed E-state index contributed by atoms with van der Waals surface area (Å²) in [6, 6.07) is 0. The summed E-state index contributed by atoms with van der Waals surface area (Å²) in [6.07, 6.45) is 27.1. The Morgan fingerprint density at radius 2 is 1.08 bits per heavy atom. The van der Waals surface area contributed by atoms with Gasteiger partial charge in [0.15, 0.2) is 0 Å². The molecule has 25 heavy (non-hydrogen) atoms. The Morgan fingerprint density at radius 3 is 1.76 bits per heavy atom. The van der Waals surface area contributed by atoms with E-state index in [0.29, 0.717) is 0 Å². The molecule has 0 amide bonds. The molecule has 0 spiro atoms. The van der Waals surface area contributed by atoms with Crippen molar-refractivity contribution in [2.45, 2.75) is 136 Å². The van der Waals surface area contributed by atoms with Gasteiger partial charge in [0.2, 0.25) is 0 Å². The standard InChI is InChI=1S/C25H48/c1-5-8-10-11-12-17-22-25(21-15-9-6-2)23-18-14-13-16-20-24(4)19-7-3/h23H,4-22H2,1-3H3. The van der Waals surface area contributed by atoms with E-state index in [2.05, 4.69) is 33.4 Å². The molecule has 0 rings (SSSR count). The lowest BCUT2D eigenvalue weighted by atomic mass is 9.98. The third-order valence-corrected chi connectivity index (χ3v) is 5.22. The average molecular weight is 349 g/mol. The van der Waals surface area contributed by atoms with Gasteiger partial charge in [-0.25, -0.2) is 0 Å². The van der Waals surface area contributed by atoms with E-state index in [1.807, 2.05) is 0 Å². The minimum atomic E-state index is 1.22. The number of rotatable bonds is 19. The molecule has 0 bridgehead atoms. The minimum Gasteiger partial charge on any atom is -0.0999 e. The molecule has 0 aromatic heterocycles. The van der Waals surface area contributed by atoms with Gasteiger partial charge in [0, 0.05) is 0 Å². The van der Waals surface area contributed by atoms with Crippen LogP contribution in [0.15, 0.2) is 23.8 Å². The van der Waals surface area contributed by atoms with Crippen molar-refractivity contribution >= 4 is 0 Å². The van der Waals surface area contributed by atoms with Crippen LogP contribution in [-0.4, -0.2) is 0 Å². The van der Waals surface area contributed by atoms with E-state index in [4.69, 9.17) is 0 Å². The normalized spacial score (nSPS) is 11.9. The second-order valence-electron chi connectivity index (χ2n) is 7.94. The van der Waals surface area contributed by atoms with Crippen LogP contribution in [0.5, 0.6) is 0 Å². The van der Waals surface area contributed by atoms with Crippen LogP contribution in [-0.2, 0) is 0 Å². The van der Waals surface area contributed by atoms with Gasteiger partial charge < -0.3 is 0 Å². The smallest absolute Gasteiger partial charge is 0.0320 e. The summed E-state index contributed by atoms with van der Waals surface area (Å²) in [7, 11) is 0. The Kier molecular flexibility index (Phi) is 19.4. The summed E-state index contributed by atoms with van der Waals surface area (Å²) in [4.78, 5) is 0. The van der Waals surface area contributed by atoms with Gasteiger partial charge in [0.25, 0.3) is 0 Å². The Morgan fingerprint density at radius 1 is 0.560 bits per heavy atom. The summed E-state index contributed by atoms with van der Waals surface area (Å²) < 4.78 is 0. The lowest BCUT2D eigenvalue weighted by Crippen LogP contribution is -1.88. The number of hydrogen-bond donors (Lipinski definition) is 0. The van der Waals surface area contributed by atoms with Crippen LogP contribution in [0.1, 0.15) is 136 Å². The summed E-state index contributed by atoms with van der Waals surface area (Å²) in [5.74, 6) is 0. The van der Waals surface area contributed by atoms with Crippen molar-refractivity contribution in [1.82, 2.24) is 0 Å². The molecule has 0 aliphatic carbocycles. The Bertz CT molecular complexity index is 310. The molecule has 0 aliphatic rings. The Balaban J connectivity index is 3.89. The first-order chi connectivity index (χ1) is 12.2. The predicted octanol–water partition coefficient (Wildman–Crippen LogP) is 9.55. The van der Waals surface area contributed by atoms with Crippen molar-refractivity contribution in [3.63, 3.8) is 0 Å². The topological polar surface area (TPSA) is 0 Å². The van der Waals surface area contributed by atoms with Crippen molar-refractivity contribution in [3.8, 4) is 0 Å². The van der Waals surface area contributed by atoms with Gasteiger partial charge in [0.1, 0.15) is 0 Å². The fraction of sp³-hybridized carbons (Fsp3) is 0.840. The van der Waals surface area contributed by atoms with E-state index >= 15 is 0 Å². The van der Waals surface area contributed by atoms with Gasteiger partial charge in [-0.3, -0.25) is 0 Å². The van der Waals surface area contributed by atoms with Crippen molar-refractivity contribution in [3.05, 3.63) is 23.8 Å². The average Bonchev–Trinajstić information content (AvgIpc) is 2.60. The summed E-state index contributed by atoms with van der Waals surface area (Å²) >= 11 is 0. The molecule has 0 atom stereocenters. The van der Waals surface area contributed by atoms with Crippen molar-refractivity contribution in [2.24, 2.45) is 0 Å². The predicted molar refractivity (Wildman–Crippen MR) is 117 cm³/mol. The van der Waals surface area contributed by atoms with E-state index in [9.17, 15) is 0 Å². The Hall–Kier alpha value is -0.520. The molecule has 0 aromatic rings. The first-order valence-electron chi connectivity index (χ1n) is 11.6. The molecule has 0 heteroatoms. The fourth-order valence-corrected chi connectivity index (χ4v) is 3.54. The molecule has 0 nitrogen and oxygen atoms in total. The van der Waals surface area contributed by atoms with Gasteiger partial charge in [-0.05, 0) is 57.8 Å². The summed E-state index contributed by atoms with van der Waals surface area (Å²) in [5.41, 5.74) is 3.22. The summed E-state index contributed by atoms with van der Waals surface area (Å²) in [6.45, 7) is 11.0. The molecule has 0 unspecified atom stereocenters. The second kappa shape index (κ2) is 19.8. The molecule has 0 aliphatic heterocycles. The van der Waals surface area contributed by atoms with E-state index in [0.717, 1.165) is 0 Å². The maximum atomic E-state index is 4.18. The highest BCUT2D eigenvalue weighted by molar-refractivity contribution is 5.02. The lowest BCUT2D eigenvalue weighted by Gasteiger charge is -2.08. The van der Waals surface area contributed by atoms with Crippen LogP contribution in [0.2, 0.25) is 0 Å². The number of unbranched alkanes of at least 4 members (excludes halogenated alkanes) is 10.